The number of hydrogen-bond donors (Lipinski definition) is 7. The molecule has 1 saturated carbocycles. The zero-order valence-corrected chi connectivity index (χ0v) is 36.1. The largest absolute Gasteiger partial charge is 0.508 e. The first-order chi connectivity index (χ1) is 29.7. The highest BCUT2D eigenvalue weighted by molar-refractivity contribution is 7.95. The standard InChI is InChI=1S/C49H54N3O9P/c1-29-33-26-27-34(42(54)37(33)43(55)38-36(29)44(56)40-41(52(2)3)45(57)39(48(50)60)47(59)49(40,61)46(38)58)51-35(53)25-17-6-4-5-7-18-28-62(30-19-11-8-12-20-30,31-21-13-9-14-22-31)32-23-15-10-16-24-32/h8-16,19-24,26-27,29,36,40-41,44,56,61H,4-7,17-18,25,28H2,1-3H3,(H5-,50,51,53,54,55,57,58,59,60)/p+1/t29-,36+,40+,41-,44-,49-/m0/s1. The van der Waals surface area contributed by atoms with Crippen LogP contribution in [0.25, 0.3) is 5.76 Å². The number of anilines is 1. The van der Waals surface area contributed by atoms with Crippen molar-refractivity contribution in [2.75, 3.05) is 25.6 Å². The molecule has 8 N–H and O–H groups in total. The normalized spacial score (nSPS) is 23.5. The van der Waals surface area contributed by atoms with Crippen LogP contribution in [0, 0.1) is 11.8 Å². The van der Waals surface area contributed by atoms with Crippen molar-refractivity contribution in [3.05, 3.63) is 131 Å². The number of hydrogen-bond acceptors (Lipinski definition) is 10. The molecule has 7 rings (SSSR count). The first-order valence-corrected chi connectivity index (χ1v) is 23.2. The topological polar surface area (TPSA) is 211 Å². The minimum atomic E-state index is -3.01. The maximum atomic E-state index is 14.3. The van der Waals surface area contributed by atoms with Gasteiger partial charge >= 0.3 is 0 Å². The third-order valence-corrected chi connectivity index (χ3v) is 17.7. The zero-order chi connectivity index (χ0) is 44.5. The number of unbranched alkanes of at least 4 members (excludes halogenated alkanes) is 5. The number of nitrogens with two attached hydrogens (primary N) is 1. The lowest BCUT2D eigenvalue weighted by atomic mass is 9.54. The van der Waals surface area contributed by atoms with E-state index in [1.54, 1.807) is 13.0 Å². The molecule has 0 radical (unpaired) electrons. The fourth-order valence-electron chi connectivity index (χ4n) is 10.2. The number of ketones is 2. The van der Waals surface area contributed by atoms with E-state index in [-0.39, 0.29) is 23.6 Å². The number of carbonyl (C=O) groups is 4. The summed E-state index contributed by atoms with van der Waals surface area (Å²) in [6.45, 7) is 1.65. The quantitative estimate of drug-likeness (QED) is 0.0362. The average molecular weight is 861 g/mol. The number of fused-ring (bicyclic) bond motifs is 3. The number of rotatable bonds is 15. The van der Waals surface area contributed by atoms with Crippen LogP contribution in [-0.2, 0) is 19.2 Å². The number of nitrogens with zero attached hydrogens (tertiary/aromatic N) is 1. The molecule has 0 spiro atoms. The maximum absolute atomic E-state index is 14.3. The van der Waals surface area contributed by atoms with Crippen LogP contribution in [0.4, 0.5) is 5.69 Å². The van der Waals surface area contributed by atoms with E-state index in [1.165, 1.54) is 41.0 Å². The predicted molar refractivity (Wildman–Crippen MR) is 241 cm³/mol. The molecule has 2 amide bonds. The number of aromatic hydroxyl groups is 1. The molecular weight excluding hydrogens is 806 g/mol. The third kappa shape index (κ3) is 7.53. The number of aliphatic hydroxyl groups excluding tert-OH is 3. The summed E-state index contributed by atoms with van der Waals surface area (Å²) in [6.07, 6.45) is 5.07. The van der Waals surface area contributed by atoms with E-state index in [2.05, 4.69) is 96.3 Å². The van der Waals surface area contributed by atoms with Crippen molar-refractivity contribution in [1.82, 2.24) is 4.90 Å². The Kier molecular flexibility index (Phi) is 12.9. The van der Waals surface area contributed by atoms with E-state index in [0.717, 1.165) is 38.3 Å². The number of likely N-dealkylation sites (N-methyl/N-ethyl adjacent to an activating group) is 1. The summed E-state index contributed by atoms with van der Waals surface area (Å²) in [5.41, 5.74) is 1.08. The summed E-state index contributed by atoms with van der Waals surface area (Å²) in [5, 5.41) is 64.9. The van der Waals surface area contributed by atoms with Gasteiger partial charge < -0.3 is 36.6 Å². The second-order valence-electron chi connectivity index (χ2n) is 16.9. The maximum Gasteiger partial charge on any atom is 0.255 e. The van der Waals surface area contributed by atoms with Gasteiger partial charge in [-0.1, -0.05) is 86.8 Å². The Morgan fingerprint density at radius 3 is 1.81 bits per heavy atom. The van der Waals surface area contributed by atoms with Gasteiger partial charge in [0.05, 0.1) is 35.5 Å². The van der Waals surface area contributed by atoms with Gasteiger partial charge in [-0.25, -0.2) is 0 Å². The molecule has 3 aliphatic carbocycles. The number of benzene rings is 4. The first-order valence-electron chi connectivity index (χ1n) is 21.2. The third-order valence-electron chi connectivity index (χ3n) is 13.1. The average Bonchev–Trinajstić information content (AvgIpc) is 3.26. The van der Waals surface area contributed by atoms with E-state index in [9.17, 15) is 44.7 Å². The minimum absolute atomic E-state index is 0.0105. The van der Waals surface area contributed by atoms with Gasteiger partial charge in [0.15, 0.2) is 11.4 Å². The van der Waals surface area contributed by atoms with Gasteiger partial charge in [0.1, 0.15) is 46.0 Å². The van der Waals surface area contributed by atoms with Gasteiger partial charge in [-0.2, -0.15) is 0 Å². The predicted octanol–water partition coefficient (Wildman–Crippen LogP) is 5.16. The Morgan fingerprint density at radius 2 is 1.29 bits per heavy atom. The number of phenols is 1. The van der Waals surface area contributed by atoms with E-state index >= 15 is 0 Å². The first kappa shape index (κ1) is 44.4. The van der Waals surface area contributed by atoms with Gasteiger partial charge in [0.2, 0.25) is 11.7 Å². The van der Waals surface area contributed by atoms with Crippen LogP contribution in [0.15, 0.2) is 120 Å². The Balaban J connectivity index is 1.00. The Morgan fingerprint density at radius 1 is 0.774 bits per heavy atom. The summed E-state index contributed by atoms with van der Waals surface area (Å²) >= 11 is 0. The van der Waals surface area contributed by atoms with Crippen molar-refractivity contribution in [2.24, 2.45) is 17.6 Å². The molecule has 62 heavy (non-hydrogen) atoms. The fourth-order valence-corrected chi connectivity index (χ4v) is 14.6. The van der Waals surface area contributed by atoms with Gasteiger partial charge in [-0.15, -0.1) is 0 Å². The van der Waals surface area contributed by atoms with Crippen molar-refractivity contribution in [1.29, 1.82) is 0 Å². The van der Waals surface area contributed by atoms with Crippen LogP contribution in [0.5, 0.6) is 5.75 Å². The molecule has 0 saturated heterocycles. The molecular formula is C49H55N3O9P+. The molecule has 0 heterocycles. The number of phenolic OH excluding ortho intramolecular Hbond substituents is 1. The summed E-state index contributed by atoms with van der Waals surface area (Å²) in [4.78, 5) is 54.5. The van der Waals surface area contributed by atoms with Gasteiger partial charge in [0.25, 0.3) is 5.91 Å². The Hall–Kier alpha value is -5.65. The lowest BCUT2D eigenvalue weighted by Gasteiger charge is -2.53. The van der Waals surface area contributed by atoms with Crippen molar-refractivity contribution < 1.29 is 44.7 Å². The molecule has 12 nitrogen and oxygen atoms in total. The highest BCUT2D eigenvalue weighted by Gasteiger charge is 2.68. The highest BCUT2D eigenvalue weighted by Crippen LogP contribution is 2.58. The second kappa shape index (κ2) is 18.0. The number of nitrogens with one attached hydrogen (secondary N) is 1. The molecule has 6 atom stereocenters. The van der Waals surface area contributed by atoms with Crippen molar-refractivity contribution >= 4 is 58.0 Å². The monoisotopic (exact) mass is 860 g/mol. The van der Waals surface area contributed by atoms with E-state index in [4.69, 9.17) is 5.73 Å². The number of aliphatic hydroxyl groups is 4. The Bertz CT molecular complexity index is 2320. The summed E-state index contributed by atoms with van der Waals surface area (Å²) < 4.78 is 0. The molecule has 0 bridgehead atoms. The lowest BCUT2D eigenvalue weighted by molar-refractivity contribution is -0.169. The molecule has 13 heteroatoms. The van der Waals surface area contributed by atoms with Gasteiger partial charge in [-0.05, 0) is 87.3 Å². The van der Waals surface area contributed by atoms with Crippen molar-refractivity contribution in [3.63, 3.8) is 0 Å². The molecule has 324 valence electrons. The fraction of sp³-hybridized carbons (Fsp3) is 0.347. The van der Waals surface area contributed by atoms with Gasteiger partial charge in [0, 0.05) is 17.9 Å². The van der Waals surface area contributed by atoms with Crippen LogP contribution in [0.3, 0.4) is 0 Å². The molecule has 3 aliphatic rings. The zero-order valence-electron chi connectivity index (χ0n) is 35.2. The number of amides is 2. The summed E-state index contributed by atoms with van der Waals surface area (Å²) in [6, 6.07) is 34.1. The van der Waals surface area contributed by atoms with Crippen LogP contribution < -0.4 is 27.0 Å². The van der Waals surface area contributed by atoms with E-state index in [1.807, 2.05) is 0 Å². The lowest BCUT2D eigenvalue weighted by Crippen LogP contribution is -2.70. The van der Waals surface area contributed by atoms with Crippen molar-refractivity contribution in [3.8, 4) is 5.75 Å². The minimum Gasteiger partial charge on any atom is -0.508 e. The Labute approximate surface area is 362 Å². The number of primary amides is 1. The molecule has 4 aromatic carbocycles. The molecule has 0 unspecified atom stereocenters. The van der Waals surface area contributed by atoms with E-state index < -0.39 is 88.7 Å². The molecule has 1 fully saturated rings. The number of carbonyl (C=O) groups excluding carboxylic acids is 4. The second-order valence-corrected chi connectivity index (χ2v) is 20.6. The van der Waals surface area contributed by atoms with E-state index in [0.29, 0.717) is 12.0 Å². The highest BCUT2D eigenvalue weighted by atomic mass is 31.2. The molecule has 4 aromatic rings. The van der Waals surface area contributed by atoms with Crippen LogP contribution in [0.2, 0.25) is 0 Å². The molecule has 0 aromatic heterocycles. The smallest absolute Gasteiger partial charge is 0.255 e. The number of Topliss-reactive ketones (excluding diaryl/α,β-unsaturated/α-hetero) is 2. The molecule has 0 aliphatic heterocycles. The van der Waals surface area contributed by atoms with Crippen LogP contribution >= 0.6 is 7.26 Å². The summed E-state index contributed by atoms with van der Waals surface area (Å²) in [7, 11) is 1.02. The van der Waals surface area contributed by atoms with Crippen LogP contribution in [-0.4, -0.2) is 91.8 Å². The SMILES string of the molecule is C[C@H]1c2ccc(NC(=O)CCCCCCCC[P+](c3ccccc3)(c3ccccc3)c3ccccc3)c(O)c2C(O)=C2C(=O)[C@]3(O)C(O)=C(C(N)=O)C(=O)[C@@H](N(C)C)[C@@H]3[C@@H](O)[C@@H]21. The van der Waals surface area contributed by atoms with Gasteiger partial charge in [-0.3, -0.25) is 24.1 Å². The summed E-state index contributed by atoms with van der Waals surface area (Å²) in [5.74, 6) is -10.1. The van der Waals surface area contributed by atoms with Crippen molar-refractivity contribution in [2.45, 2.75) is 75.5 Å². The van der Waals surface area contributed by atoms with Crippen LogP contribution in [0.1, 0.15) is 68.9 Å².